The Morgan fingerprint density at radius 1 is 1.32 bits per heavy atom. The molecule has 0 bridgehead atoms. The molecule has 0 radical (unpaired) electrons. The fraction of sp³-hybridized carbons (Fsp3) is 0.500. The Balaban J connectivity index is 1.71. The van der Waals surface area contributed by atoms with Gasteiger partial charge in [0.25, 0.3) is 0 Å². The number of hydrogen-bond acceptors (Lipinski definition) is 3. The molecule has 2 rings (SSSR count). The van der Waals surface area contributed by atoms with Gasteiger partial charge in [-0.2, -0.15) is 0 Å². The molecule has 1 fully saturated rings. The summed E-state index contributed by atoms with van der Waals surface area (Å²) in [6.07, 6.45) is 2.23. The third-order valence-corrected chi connectivity index (χ3v) is 3.93. The first-order chi connectivity index (χ1) is 9.13. The monoisotopic (exact) mass is 325 g/mol. The molecule has 2 N–H and O–H groups in total. The molecule has 0 spiro atoms. The van der Waals surface area contributed by atoms with E-state index in [2.05, 4.69) is 38.5 Å². The summed E-state index contributed by atoms with van der Waals surface area (Å²) in [6.45, 7) is 2.59. The molecule has 0 unspecified atom stereocenters. The summed E-state index contributed by atoms with van der Waals surface area (Å²) in [5, 5.41) is 6.21. The Hall–Kier alpha value is -0.910. The first-order valence-electron chi connectivity index (χ1n) is 6.61. The van der Waals surface area contributed by atoms with Crippen molar-refractivity contribution in [3.8, 4) is 0 Å². The maximum atomic E-state index is 11.8. The molecule has 0 aliphatic carbocycles. The number of rotatable bonds is 4. The topological polar surface area (TPSA) is 44.4 Å². The van der Waals surface area contributed by atoms with Crippen LogP contribution in [0.5, 0.6) is 0 Å². The first kappa shape index (κ1) is 14.5. The van der Waals surface area contributed by atoms with Gasteiger partial charge < -0.3 is 15.5 Å². The van der Waals surface area contributed by atoms with Crippen molar-refractivity contribution in [3.05, 3.63) is 28.7 Å². The van der Waals surface area contributed by atoms with Crippen LogP contribution in [0.2, 0.25) is 0 Å². The zero-order valence-corrected chi connectivity index (χ0v) is 12.7. The van der Waals surface area contributed by atoms with Gasteiger partial charge in [-0.15, -0.1) is 0 Å². The fourth-order valence-corrected chi connectivity index (χ4v) is 2.45. The van der Waals surface area contributed by atoms with Crippen molar-refractivity contribution >= 4 is 27.5 Å². The molecule has 1 aliphatic heterocycles. The molecule has 104 valence electrons. The summed E-state index contributed by atoms with van der Waals surface area (Å²) >= 11 is 3.37. The number of carbonyl (C=O) groups excluding carboxylic acids is 1. The van der Waals surface area contributed by atoms with Crippen LogP contribution < -0.4 is 10.6 Å². The van der Waals surface area contributed by atoms with Crippen molar-refractivity contribution < 1.29 is 4.79 Å². The molecule has 0 aromatic heterocycles. The van der Waals surface area contributed by atoms with E-state index in [1.54, 1.807) is 0 Å². The largest absolute Gasteiger partial charge is 0.325 e. The maximum Gasteiger partial charge on any atom is 0.238 e. The molecule has 1 saturated heterocycles. The molecule has 1 heterocycles. The summed E-state index contributed by atoms with van der Waals surface area (Å²) in [4.78, 5) is 14.1. The molecule has 1 aliphatic rings. The quantitative estimate of drug-likeness (QED) is 0.890. The van der Waals surface area contributed by atoms with E-state index < -0.39 is 0 Å². The van der Waals surface area contributed by atoms with Crippen LogP contribution in [0.15, 0.2) is 28.7 Å². The van der Waals surface area contributed by atoms with Crippen molar-refractivity contribution in [1.82, 2.24) is 10.2 Å². The third-order valence-electron chi connectivity index (χ3n) is 3.40. The smallest absolute Gasteiger partial charge is 0.238 e. The van der Waals surface area contributed by atoms with Gasteiger partial charge in [-0.1, -0.05) is 15.9 Å². The maximum absolute atomic E-state index is 11.8. The van der Waals surface area contributed by atoms with Gasteiger partial charge in [0.1, 0.15) is 0 Å². The standard InChI is InChI=1S/C14H20BrN3O/c1-18-8-6-12(7-9-18)16-10-14(19)17-13-4-2-11(15)3-5-13/h2-5,12,16H,6-10H2,1H3,(H,17,19). The van der Waals surface area contributed by atoms with E-state index in [1.165, 1.54) is 0 Å². The average Bonchev–Trinajstić information content (AvgIpc) is 2.41. The number of halogens is 1. The van der Waals surface area contributed by atoms with Crippen molar-refractivity contribution in [3.63, 3.8) is 0 Å². The van der Waals surface area contributed by atoms with Crippen molar-refractivity contribution in [2.45, 2.75) is 18.9 Å². The Morgan fingerprint density at radius 3 is 2.58 bits per heavy atom. The summed E-state index contributed by atoms with van der Waals surface area (Å²) in [7, 11) is 2.14. The zero-order valence-electron chi connectivity index (χ0n) is 11.2. The Labute approximate surface area is 122 Å². The first-order valence-corrected chi connectivity index (χ1v) is 7.40. The Bertz CT molecular complexity index is 413. The number of benzene rings is 1. The second kappa shape index (κ2) is 7.03. The van der Waals surface area contributed by atoms with Gasteiger partial charge >= 0.3 is 0 Å². The number of piperidine rings is 1. The highest BCUT2D eigenvalue weighted by atomic mass is 79.9. The molecular weight excluding hydrogens is 306 g/mol. The van der Waals surface area contributed by atoms with Crippen LogP contribution in [0.25, 0.3) is 0 Å². The van der Waals surface area contributed by atoms with Gasteiger partial charge in [-0.3, -0.25) is 4.79 Å². The lowest BCUT2D eigenvalue weighted by atomic mass is 10.1. The molecule has 1 amide bonds. The molecule has 5 heteroatoms. The Morgan fingerprint density at radius 2 is 1.95 bits per heavy atom. The van der Waals surface area contributed by atoms with Gasteiger partial charge in [0.2, 0.25) is 5.91 Å². The van der Waals surface area contributed by atoms with Gasteiger partial charge in [-0.05, 0) is 57.2 Å². The average molecular weight is 326 g/mol. The minimum atomic E-state index is 0.0150. The molecular formula is C14H20BrN3O. The van der Waals surface area contributed by atoms with Crippen LogP contribution in [0, 0.1) is 0 Å². The summed E-state index contributed by atoms with van der Waals surface area (Å²) < 4.78 is 1.01. The van der Waals surface area contributed by atoms with Crippen molar-refractivity contribution in [1.29, 1.82) is 0 Å². The highest BCUT2D eigenvalue weighted by Gasteiger charge is 2.16. The van der Waals surface area contributed by atoms with E-state index >= 15 is 0 Å². The van der Waals surface area contributed by atoms with Gasteiger partial charge in [0.05, 0.1) is 6.54 Å². The fourth-order valence-electron chi connectivity index (χ4n) is 2.19. The summed E-state index contributed by atoms with van der Waals surface area (Å²) in [5.74, 6) is 0.0150. The normalized spacial score (nSPS) is 17.4. The van der Waals surface area contributed by atoms with Crippen LogP contribution in [-0.4, -0.2) is 43.5 Å². The van der Waals surface area contributed by atoms with E-state index in [0.29, 0.717) is 12.6 Å². The third kappa shape index (κ3) is 4.93. The van der Waals surface area contributed by atoms with Crippen LogP contribution in [0.4, 0.5) is 5.69 Å². The number of amides is 1. The van der Waals surface area contributed by atoms with E-state index in [9.17, 15) is 4.79 Å². The summed E-state index contributed by atoms with van der Waals surface area (Å²) in [5.41, 5.74) is 0.832. The van der Waals surface area contributed by atoms with Crippen LogP contribution in [-0.2, 0) is 4.79 Å². The van der Waals surface area contributed by atoms with Gasteiger partial charge in [-0.25, -0.2) is 0 Å². The highest BCUT2D eigenvalue weighted by Crippen LogP contribution is 2.14. The van der Waals surface area contributed by atoms with E-state index in [4.69, 9.17) is 0 Å². The molecule has 4 nitrogen and oxygen atoms in total. The minimum Gasteiger partial charge on any atom is -0.325 e. The lowest BCUT2D eigenvalue weighted by Crippen LogP contribution is -2.43. The lowest BCUT2D eigenvalue weighted by molar-refractivity contribution is -0.115. The van der Waals surface area contributed by atoms with E-state index in [-0.39, 0.29) is 5.91 Å². The zero-order chi connectivity index (χ0) is 13.7. The lowest BCUT2D eigenvalue weighted by Gasteiger charge is -2.29. The number of anilines is 1. The van der Waals surface area contributed by atoms with Gasteiger partial charge in [0.15, 0.2) is 0 Å². The molecule has 1 aromatic rings. The summed E-state index contributed by atoms with van der Waals surface area (Å²) in [6, 6.07) is 8.07. The van der Waals surface area contributed by atoms with E-state index in [0.717, 1.165) is 36.1 Å². The van der Waals surface area contributed by atoms with Crippen molar-refractivity contribution in [2.75, 3.05) is 32.0 Å². The molecule has 19 heavy (non-hydrogen) atoms. The number of carbonyl (C=O) groups is 1. The van der Waals surface area contributed by atoms with Crippen molar-refractivity contribution in [2.24, 2.45) is 0 Å². The number of hydrogen-bond donors (Lipinski definition) is 2. The van der Waals surface area contributed by atoms with E-state index in [1.807, 2.05) is 24.3 Å². The van der Waals surface area contributed by atoms with Crippen LogP contribution in [0.3, 0.4) is 0 Å². The SMILES string of the molecule is CN1CCC(NCC(=O)Nc2ccc(Br)cc2)CC1. The highest BCUT2D eigenvalue weighted by molar-refractivity contribution is 9.10. The van der Waals surface area contributed by atoms with Crippen LogP contribution in [0.1, 0.15) is 12.8 Å². The predicted octanol–water partition coefficient (Wildman–Crippen LogP) is 2.07. The predicted molar refractivity (Wildman–Crippen MR) is 81.3 cm³/mol. The van der Waals surface area contributed by atoms with Gasteiger partial charge in [0, 0.05) is 16.2 Å². The minimum absolute atomic E-state index is 0.0150. The Kier molecular flexibility index (Phi) is 5.36. The number of nitrogens with zero attached hydrogens (tertiary/aromatic N) is 1. The second-order valence-electron chi connectivity index (χ2n) is 5.01. The van der Waals surface area contributed by atoms with Crippen LogP contribution >= 0.6 is 15.9 Å². The molecule has 0 saturated carbocycles. The number of nitrogens with one attached hydrogen (secondary N) is 2. The molecule has 0 atom stereocenters. The molecule has 1 aromatic carbocycles. The second-order valence-corrected chi connectivity index (χ2v) is 5.93. The number of likely N-dealkylation sites (tertiary alicyclic amines) is 1.